The number of aliphatic hydroxyl groups is 3. The third-order valence-corrected chi connectivity index (χ3v) is 4.01. The third-order valence-electron chi connectivity index (χ3n) is 4.01. The van der Waals surface area contributed by atoms with E-state index in [0.29, 0.717) is 22.9 Å². The second kappa shape index (κ2) is 6.13. The first-order chi connectivity index (χ1) is 11.3. The molecule has 0 aliphatic carbocycles. The van der Waals surface area contributed by atoms with Gasteiger partial charge in [-0.3, -0.25) is 4.57 Å². The smallest absolute Gasteiger partial charge is 0.228 e. The number of hydrogen-bond donors (Lipinski definition) is 3. The molecule has 1 aliphatic heterocycles. The average Bonchev–Trinajstić information content (AvgIpc) is 3.08. The van der Waals surface area contributed by atoms with Crippen LogP contribution in [0, 0.1) is 0 Å². The van der Waals surface area contributed by atoms with Gasteiger partial charge in [0.25, 0.3) is 0 Å². The Labute approximate surface area is 138 Å². The first-order valence-corrected chi connectivity index (χ1v) is 7.56. The van der Waals surface area contributed by atoms with Crippen molar-refractivity contribution in [2.24, 2.45) is 0 Å². The zero-order valence-corrected chi connectivity index (χ0v) is 14.0. The molecule has 24 heavy (non-hydrogen) atoms. The molecule has 3 rings (SSSR count). The molecule has 132 valence electrons. The Bertz CT molecular complexity index is 733. The van der Waals surface area contributed by atoms with E-state index in [-0.39, 0.29) is 6.61 Å². The van der Waals surface area contributed by atoms with Crippen LogP contribution in [-0.4, -0.2) is 87.9 Å². The van der Waals surface area contributed by atoms with Gasteiger partial charge in [-0.15, -0.1) is 0 Å². The lowest BCUT2D eigenvalue weighted by molar-refractivity contribution is -0.0511. The fourth-order valence-electron chi connectivity index (χ4n) is 2.70. The number of ether oxygens (including phenoxy) is 1. The molecular weight excluding hydrogens is 316 g/mol. The maximum atomic E-state index is 10.2. The SMILES string of the molecule is CN(C)c1nc(N(C)C)c2ncn([C@@H]3O[C@H](CO)[C@@H](O)[C@H]3O)c2n1. The van der Waals surface area contributed by atoms with Gasteiger partial charge < -0.3 is 29.9 Å². The van der Waals surface area contributed by atoms with Gasteiger partial charge >= 0.3 is 0 Å². The van der Waals surface area contributed by atoms with Gasteiger partial charge in [-0.05, 0) is 0 Å². The van der Waals surface area contributed by atoms with Crippen LogP contribution in [0.2, 0.25) is 0 Å². The van der Waals surface area contributed by atoms with Gasteiger partial charge in [-0.2, -0.15) is 9.97 Å². The van der Waals surface area contributed by atoms with Crippen molar-refractivity contribution >= 4 is 22.9 Å². The van der Waals surface area contributed by atoms with Crippen molar-refractivity contribution in [3.05, 3.63) is 6.33 Å². The van der Waals surface area contributed by atoms with Crippen molar-refractivity contribution in [3.8, 4) is 0 Å². The number of fused-ring (bicyclic) bond motifs is 1. The highest BCUT2D eigenvalue weighted by atomic mass is 16.6. The molecule has 10 nitrogen and oxygen atoms in total. The van der Waals surface area contributed by atoms with E-state index in [9.17, 15) is 15.3 Å². The molecule has 0 radical (unpaired) electrons. The van der Waals surface area contributed by atoms with Gasteiger partial charge in [0.2, 0.25) is 5.95 Å². The monoisotopic (exact) mass is 338 g/mol. The zero-order chi connectivity index (χ0) is 17.6. The fraction of sp³-hybridized carbons (Fsp3) is 0.643. The second-order valence-corrected chi connectivity index (χ2v) is 6.19. The highest BCUT2D eigenvalue weighted by molar-refractivity contribution is 5.84. The summed E-state index contributed by atoms with van der Waals surface area (Å²) in [7, 11) is 7.36. The Balaban J connectivity index is 2.13. The third kappa shape index (κ3) is 2.57. The first kappa shape index (κ1) is 16.8. The molecule has 1 saturated heterocycles. The van der Waals surface area contributed by atoms with Gasteiger partial charge in [0.1, 0.15) is 18.3 Å². The van der Waals surface area contributed by atoms with Crippen molar-refractivity contribution in [3.63, 3.8) is 0 Å². The summed E-state index contributed by atoms with van der Waals surface area (Å²) in [6.45, 7) is -0.387. The van der Waals surface area contributed by atoms with E-state index < -0.39 is 24.5 Å². The Hall–Kier alpha value is -2.01. The number of rotatable bonds is 4. The largest absolute Gasteiger partial charge is 0.394 e. The van der Waals surface area contributed by atoms with E-state index in [1.165, 1.54) is 6.33 Å². The number of aliphatic hydroxyl groups excluding tert-OH is 3. The maximum absolute atomic E-state index is 10.2. The van der Waals surface area contributed by atoms with Gasteiger partial charge in [0.15, 0.2) is 23.2 Å². The van der Waals surface area contributed by atoms with Crippen molar-refractivity contribution in [2.45, 2.75) is 24.5 Å². The summed E-state index contributed by atoms with van der Waals surface area (Å²) in [6.07, 6.45) is -2.62. The molecule has 0 amide bonds. The predicted octanol–water partition coefficient (Wildman–Crippen LogP) is -1.43. The van der Waals surface area contributed by atoms with Gasteiger partial charge in [0.05, 0.1) is 12.9 Å². The summed E-state index contributed by atoms with van der Waals surface area (Å²) in [5.74, 6) is 1.12. The molecule has 0 bridgehead atoms. The maximum Gasteiger partial charge on any atom is 0.228 e. The molecule has 3 heterocycles. The van der Waals surface area contributed by atoms with Crippen molar-refractivity contribution in [1.82, 2.24) is 19.5 Å². The van der Waals surface area contributed by atoms with Crippen molar-refractivity contribution < 1.29 is 20.1 Å². The van der Waals surface area contributed by atoms with Crippen LogP contribution in [0.4, 0.5) is 11.8 Å². The topological polar surface area (TPSA) is 120 Å². The highest BCUT2D eigenvalue weighted by Gasteiger charge is 2.44. The van der Waals surface area contributed by atoms with Crippen LogP contribution in [-0.2, 0) is 4.74 Å². The minimum absolute atomic E-state index is 0.387. The van der Waals surface area contributed by atoms with E-state index in [1.54, 1.807) is 9.47 Å². The Morgan fingerprint density at radius 3 is 2.38 bits per heavy atom. The van der Waals surface area contributed by atoms with E-state index in [4.69, 9.17) is 4.74 Å². The normalized spacial score (nSPS) is 27.0. The molecule has 4 atom stereocenters. The molecule has 1 aliphatic rings. The van der Waals surface area contributed by atoms with Gasteiger partial charge in [0, 0.05) is 28.2 Å². The number of aromatic nitrogens is 4. The first-order valence-electron chi connectivity index (χ1n) is 7.56. The summed E-state index contributed by atoms with van der Waals surface area (Å²) in [5.41, 5.74) is 1.04. The predicted molar refractivity (Wildman–Crippen MR) is 87.0 cm³/mol. The second-order valence-electron chi connectivity index (χ2n) is 6.19. The number of nitrogens with zero attached hydrogens (tertiary/aromatic N) is 6. The zero-order valence-electron chi connectivity index (χ0n) is 14.0. The number of hydrogen-bond acceptors (Lipinski definition) is 9. The van der Waals surface area contributed by atoms with E-state index >= 15 is 0 Å². The molecule has 10 heteroatoms. The summed E-state index contributed by atoms with van der Waals surface area (Å²) in [5, 5.41) is 29.5. The molecule has 0 spiro atoms. The lowest BCUT2D eigenvalue weighted by Crippen LogP contribution is -2.33. The molecule has 0 unspecified atom stereocenters. The quantitative estimate of drug-likeness (QED) is 0.616. The average molecular weight is 338 g/mol. The molecular formula is C14H22N6O4. The van der Waals surface area contributed by atoms with Crippen molar-refractivity contribution in [2.75, 3.05) is 44.6 Å². The Morgan fingerprint density at radius 1 is 1.12 bits per heavy atom. The minimum Gasteiger partial charge on any atom is -0.394 e. The van der Waals surface area contributed by atoms with Crippen LogP contribution in [0.1, 0.15) is 6.23 Å². The summed E-state index contributed by atoms with van der Waals surface area (Å²) in [4.78, 5) is 16.9. The summed E-state index contributed by atoms with van der Waals surface area (Å²) >= 11 is 0. The molecule has 1 fully saturated rings. The van der Waals surface area contributed by atoms with Crippen LogP contribution < -0.4 is 9.80 Å². The lowest BCUT2D eigenvalue weighted by atomic mass is 10.1. The standard InChI is InChI=1S/C14H22N6O4/c1-18(2)11-8-12(17-14(16-11)19(3)4)20(6-15-8)13-10(23)9(22)7(5-21)24-13/h6-7,9-10,13,21-23H,5H2,1-4H3/t7-,9-,10-,13-/m1/s1. The van der Waals surface area contributed by atoms with E-state index in [0.717, 1.165) is 0 Å². The van der Waals surface area contributed by atoms with Gasteiger partial charge in [-0.25, -0.2) is 4.98 Å². The van der Waals surface area contributed by atoms with Crippen LogP contribution in [0.25, 0.3) is 11.2 Å². The van der Waals surface area contributed by atoms with Gasteiger partial charge in [-0.1, -0.05) is 0 Å². The molecule has 2 aromatic rings. The number of imidazole rings is 1. The van der Waals surface area contributed by atoms with Crippen LogP contribution >= 0.6 is 0 Å². The van der Waals surface area contributed by atoms with Crippen LogP contribution in [0.3, 0.4) is 0 Å². The fourth-order valence-corrected chi connectivity index (χ4v) is 2.70. The molecule has 3 N–H and O–H groups in total. The van der Waals surface area contributed by atoms with Crippen molar-refractivity contribution in [1.29, 1.82) is 0 Å². The number of anilines is 2. The van der Waals surface area contributed by atoms with Crippen LogP contribution in [0.5, 0.6) is 0 Å². The van der Waals surface area contributed by atoms with E-state index in [2.05, 4.69) is 15.0 Å². The molecule has 0 aromatic carbocycles. The van der Waals surface area contributed by atoms with E-state index in [1.807, 2.05) is 33.1 Å². The highest BCUT2D eigenvalue weighted by Crippen LogP contribution is 2.33. The Morgan fingerprint density at radius 2 is 1.83 bits per heavy atom. The molecule has 2 aromatic heterocycles. The van der Waals surface area contributed by atoms with Crippen LogP contribution in [0.15, 0.2) is 6.33 Å². The summed E-state index contributed by atoms with van der Waals surface area (Å²) < 4.78 is 7.13. The summed E-state index contributed by atoms with van der Waals surface area (Å²) in [6, 6.07) is 0. The Kier molecular flexibility index (Phi) is 4.30. The minimum atomic E-state index is -1.19. The molecule has 0 saturated carbocycles. The lowest BCUT2D eigenvalue weighted by Gasteiger charge is -2.19.